The highest BCUT2D eigenvalue weighted by Crippen LogP contribution is 1.85. The lowest BCUT2D eigenvalue weighted by molar-refractivity contribution is 0.0679. The number of H-pyrrole nitrogens is 3. The van der Waals surface area contributed by atoms with E-state index in [1.54, 1.807) is 6.92 Å². The molecule has 0 spiro atoms. The molecule has 0 atom stereocenters. The van der Waals surface area contributed by atoms with Crippen molar-refractivity contribution in [2.75, 3.05) is 6.61 Å². The molecule has 3 rings (SSSR count). The van der Waals surface area contributed by atoms with Crippen molar-refractivity contribution in [2.24, 2.45) is 0 Å². The van der Waals surface area contributed by atoms with Crippen LogP contribution in [-0.2, 0) is 0 Å². The first-order chi connectivity index (χ1) is 12.8. The predicted octanol–water partition coefficient (Wildman–Crippen LogP) is -1.49. The van der Waals surface area contributed by atoms with Crippen molar-refractivity contribution in [3.63, 3.8) is 0 Å². The molecule has 16 nitrogen and oxygen atoms in total. The minimum atomic E-state index is -1.07. The fraction of sp³-hybridized carbons (Fsp3) is 0.182. The van der Waals surface area contributed by atoms with Crippen LogP contribution in [0, 0.1) is 0 Å². The van der Waals surface area contributed by atoms with Gasteiger partial charge in [-0.05, 0) is 6.92 Å². The quantitative estimate of drug-likeness (QED) is 0.271. The van der Waals surface area contributed by atoms with E-state index in [1.165, 1.54) is 0 Å². The number of carboxylic acids is 3. The molecule has 0 aliphatic rings. The summed E-state index contributed by atoms with van der Waals surface area (Å²) in [4.78, 5) is 29.8. The highest BCUT2D eigenvalue weighted by molar-refractivity contribution is 5.85. The second kappa shape index (κ2) is 13.1. The molecule has 0 aliphatic heterocycles. The van der Waals surface area contributed by atoms with Gasteiger partial charge in [-0.2, -0.15) is 30.9 Å². The maximum atomic E-state index is 9.94. The van der Waals surface area contributed by atoms with Crippen molar-refractivity contribution in [3.8, 4) is 0 Å². The number of rotatable bonds is 3. The maximum Gasteiger partial charge on any atom is 0.358 e. The Bertz CT molecular complexity index is 666. The summed E-state index contributed by atoms with van der Waals surface area (Å²) in [6.07, 6.45) is 3.42. The second-order valence-corrected chi connectivity index (χ2v) is 3.80. The van der Waals surface area contributed by atoms with E-state index < -0.39 is 17.9 Å². The third-order valence-corrected chi connectivity index (χ3v) is 1.90. The van der Waals surface area contributed by atoms with E-state index in [4.69, 9.17) is 20.4 Å². The number of hydrogen-bond donors (Lipinski definition) is 7. The van der Waals surface area contributed by atoms with Crippen molar-refractivity contribution in [1.29, 1.82) is 0 Å². The third kappa shape index (κ3) is 10.3. The molecular weight excluding hydrogens is 370 g/mol. The minimum absolute atomic E-state index is 0.0648. The zero-order valence-electron chi connectivity index (χ0n) is 13.6. The van der Waals surface area contributed by atoms with Gasteiger partial charge in [0.05, 0.1) is 18.6 Å². The number of nitrogens with zero attached hydrogens (tertiary/aromatic N) is 6. The van der Waals surface area contributed by atoms with Gasteiger partial charge < -0.3 is 20.4 Å². The fourth-order valence-electron chi connectivity index (χ4n) is 0.914. The van der Waals surface area contributed by atoms with Gasteiger partial charge >= 0.3 is 17.9 Å². The summed E-state index contributed by atoms with van der Waals surface area (Å²) in [7, 11) is 0. The molecule has 0 aliphatic carbocycles. The lowest BCUT2D eigenvalue weighted by atomic mass is 10.5. The summed E-state index contributed by atoms with van der Waals surface area (Å²) >= 11 is 0. The zero-order valence-corrected chi connectivity index (χ0v) is 13.6. The summed E-state index contributed by atoms with van der Waals surface area (Å²) in [5.74, 6) is -3.21. The Morgan fingerprint density at radius 2 is 0.963 bits per heavy atom. The SMILES string of the molecule is CCO.O=C(O)c1cn[nH]n1.O=C(O)c1cn[nH]n1.O=C(O)c1cn[nH]n1. The molecule has 3 heterocycles. The van der Waals surface area contributed by atoms with Crippen LogP contribution in [0.2, 0.25) is 0 Å². The average Bonchev–Trinajstić information content (AvgIpc) is 3.40. The van der Waals surface area contributed by atoms with Gasteiger partial charge in [0.1, 0.15) is 0 Å². The number of aliphatic hydroxyl groups is 1. The predicted molar refractivity (Wildman–Crippen MR) is 82.8 cm³/mol. The van der Waals surface area contributed by atoms with E-state index in [0.29, 0.717) is 0 Å². The van der Waals surface area contributed by atoms with Gasteiger partial charge in [0, 0.05) is 6.61 Å². The molecule has 0 fully saturated rings. The van der Waals surface area contributed by atoms with Crippen molar-refractivity contribution < 1.29 is 34.8 Å². The number of aromatic carboxylic acids is 3. The summed E-state index contributed by atoms with van der Waals surface area (Å²) in [5.41, 5.74) is -0.194. The molecular formula is C11H15N9O7. The van der Waals surface area contributed by atoms with Crippen LogP contribution in [0.5, 0.6) is 0 Å². The Balaban J connectivity index is 0.000000350. The van der Waals surface area contributed by atoms with Crippen LogP contribution in [0.1, 0.15) is 38.4 Å². The van der Waals surface area contributed by atoms with E-state index in [0.717, 1.165) is 18.6 Å². The van der Waals surface area contributed by atoms with Crippen LogP contribution in [0.15, 0.2) is 18.6 Å². The number of aromatic nitrogens is 9. The first-order valence-corrected chi connectivity index (χ1v) is 6.71. The molecule has 0 aromatic carbocycles. The fourth-order valence-corrected chi connectivity index (χ4v) is 0.914. The molecule has 3 aromatic rings. The Hall–Kier alpha value is -4.21. The van der Waals surface area contributed by atoms with E-state index in [9.17, 15) is 14.4 Å². The van der Waals surface area contributed by atoms with Gasteiger partial charge in [-0.25, -0.2) is 14.4 Å². The Labute approximate surface area is 149 Å². The van der Waals surface area contributed by atoms with Crippen LogP contribution >= 0.6 is 0 Å². The number of carbonyl (C=O) groups is 3. The molecule has 0 saturated heterocycles. The molecule has 3 aromatic heterocycles. The Morgan fingerprint density at radius 1 is 0.741 bits per heavy atom. The molecule has 0 radical (unpaired) electrons. The van der Waals surface area contributed by atoms with Gasteiger partial charge in [0.25, 0.3) is 0 Å². The van der Waals surface area contributed by atoms with Crippen LogP contribution < -0.4 is 0 Å². The van der Waals surface area contributed by atoms with Gasteiger partial charge in [0.2, 0.25) is 0 Å². The highest BCUT2D eigenvalue weighted by Gasteiger charge is 2.03. The van der Waals surface area contributed by atoms with Crippen molar-refractivity contribution >= 4 is 17.9 Å². The lowest BCUT2D eigenvalue weighted by Crippen LogP contribution is -1.95. The van der Waals surface area contributed by atoms with E-state index >= 15 is 0 Å². The van der Waals surface area contributed by atoms with Crippen LogP contribution in [-0.4, -0.2) is 91.2 Å². The van der Waals surface area contributed by atoms with Gasteiger partial charge in [0.15, 0.2) is 17.1 Å². The van der Waals surface area contributed by atoms with Crippen molar-refractivity contribution in [1.82, 2.24) is 46.2 Å². The molecule has 0 saturated carbocycles. The number of aliphatic hydroxyl groups excluding tert-OH is 1. The van der Waals surface area contributed by atoms with Crippen molar-refractivity contribution in [3.05, 3.63) is 35.7 Å². The van der Waals surface area contributed by atoms with Crippen LogP contribution in [0.25, 0.3) is 0 Å². The molecule has 0 unspecified atom stereocenters. The molecule has 0 bridgehead atoms. The lowest BCUT2D eigenvalue weighted by Gasteiger charge is -1.75. The first kappa shape index (κ1) is 22.8. The molecule has 7 N–H and O–H groups in total. The minimum Gasteiger partial charge on any atom is -0.476 e. The number of hydrogen-bond acceptors (Lipinski definition) is 10. The summed E-state index contributed by atoms with van der Waals surface area (Å²) in [5, 5.41) is 58.2. The average molecular weight is 385 g/mol. The topological polar surface area (TPSA) is 257 Å². The summed E-state index contributed by atoms with van der Waals surface area (Å²) < 4.78 is 0. The molecule has 27 heavy (non-hydrogen) atoms. The molecule has 146 valence electrons. The molecule has 0 amide bonds. The van der Waals surface area contributed by atoms with Crippen LogP contribution in [0.4, 0.5) is 0 Å². The Morgan fingerprint density at radius 3 is 1.04 bits per heavy atom. The van der Waals surface area contributed by atoms with E-state index in [-0.39, 0.29) is 23.7 Å². The standard InChI is InChI=1S/3C3H3N3O2.C2H6O/c3*7-3(8)2-1-4-6-5-2;1-2-3/h3*1H,(H,7,8)(H,4,5,6);3H,2H2,1H3. The number of aromatic amines is 3. The summed E-state index contributed by atoms with van der Waals surface area (Å²) in [6, 6.07) is 0. The van der Waals surface area contributed by atoms with Gasteiger partial charge in [-0.1, -0.05) is 0 Å². The number of nitrogens with one attached hydrogen (secondary N) is 3. The van der Waals surface area contributed by atoms with Crippen molar-refractivity contribution in [2.45, 2.75) is 6.92 Å². The second-order valence-electron chi connectivity index (χ2n) is 3.80. The third-order valence-electron chi connectivity index (χ3n) is 1.90. The summed E-state index contributed by atoms with van der Waals surface area (Å²) in [6.45, 7) is 1.93. The largest absolute Gasteiger partial charge is 0.476 e. The van der Waals surface area contributed by atoms with Gasteiger partial charge in [-0.15, -0.1) is 15.3 Å². The monoisotopic (exact) mass is 385 g/mol. The smallest absolute Gasteiger partial charge is 0.358 e. The first-order valence-electron chi connectivity index (χ1n) is 6.71. The van der Waals surface area contributed by atoms with E-state index in [1.807, 2.05) is 0 Å². The highest BCUT2D eigenvalue weighted by atomic mass is 16.4. The van der Waals surface area contributed by atoms with E-state index in [2.05, 4.69) is 46.2 Å². The molecule has 16 heteroatoms. The normalized spacial score (nSPS) is 8.67. The maximum absolute atomic E-state index is 9.94. The zero-order chi connectivity index (χ0) is 20.7. The Kier molecular flexibility index (Phi) is 11.1. The van der Waals surface area contributed by atoms with Gasteiger partial charge in [-0.3, -0.25) is 0 Å². The van der Waals surface area contributed by atoms with Crippen LogP contribution in [0.3, 0.4) is 0 Å². The number of carboxylic acid groups (broad SMARTS) is 3.